The normalized spacial score (nSPS) is 36.8. The lowest BCUT2D eigenvalue weighted by atomic mass is 9.95. The minimum absolute atomic E-state index is 0.224. The maximum absolute atomic E-state index is 9.73. The summed E-state index contributed by atoms with van der Waals surface area (Å²) in [4.78, 5) is 5.15. The summed E-state index contributed by atoms with van der Waals surface area (Å²) in [6.07, 6.45) is 3.87. The van der Waals surface area contributed by atoms with Crippen molar-refractivity contribution in [2.45, 2.75) is 64.3 Å². The lowest BCUT2D eigenvalue weighted by Gasteiger charge is -2.50. The number of nitrogens with zero attached hydrogens (tertiary/aromatic N) is 2. The average Bonchev–Trinajstić information content (AvgIpc) is 2.27. The van der Waals surface area contributed by atoms with Gasteiger partial charge in [0.2, 0.25) is 0 Å². The summed E-state index contributed by atoms with van der Waals surface area (Å²) in [7, 11) is 0. The number of hydrogen-bond donors (Lipinski definition) is 1. The largest absolute Gasteiger partial charge is 0.392 e. The number of hydrogen-bond acceptors (Lipinski definition) is 3. The van der Waals surface area contributed by atoms with Crippen LogP contribution in [0.3, 0.4) is 0 Å². The summed E-state index contributed by atoms with van der Waals surface area (Å²) in [6, 6.07) is 1.61. The molecule has 1 N–H and O–H groups in total. The van der Waals surface area contributed by atoms with Crippen LogP contribution in [0.4, 0.5) is 0 Å². The van der Waals surface area contributed by atoms with E-state index < -0.39 is 0 Å². The van der Waals surface area contributed by atoms with E-state index in [0.717, 1.165) is 12.6 Å². The van der Waals surface area contributed by atoms with Crippen molar-refractivity contribution in [2.75, 3.05) is 19.6 Å². The van der Waals surface area contributed by atoms with Crippen LogP contribution in [0.15, 0.2) is 0 Å². The maximum Gasteiger partial charge on any atom is 0.0664 e. The monoisotopic (exact) mass is 226 g/mol. The van der Waals surface area contributed by atoms with Gasteiger partial charge in [0, 0.05) is 31.2 Å². The fraction of sp³-hybridized carbons (Fsp3) is 1.00. The Morgan fingerprint density at radius 3 is 2.62 bits per heavy atom. The number of piperidine rings is 1. The molecule has 4 unspecified atom stereocenters. The average molecular weight is 226 g/mol. The highest BCUT2D eigenvalue weighted by Crippen LogP contribution is 2.25. The molecule has 0 aromatic heterocycles. The molecule has 3 heteroatoms. The van der Waals surface area contributed by atoms with Gasteiger partial charge in [0.25, 0.3) is 0 Å². The third kappa shape index (κ3) is 2.41. The van der Waals surface area contributed by atoms with Gasteiger partial charge in [-0.15, -0.1) is 0 Å². The van der Waals surface area contributed by atoms with Crippen molar-refractivity contribution < 1.29 is 5.11 Å². The Morgan fingerprint density at radius 2 is 1.94 bits per heavy atom. The van der Waals surface area contributed by atoms with Crippen LogP contribution in [-0.2, 0) is 0 Å². The van der Waals surface area contributed by atoms with Crippen molar-refractivity contribution in [3.8, 4) is 0 Å². The topological polar surface area (TPSA) is 26.7 Å². The highest BCUT2D eigenvalue weighted by Gasteiger charge is 2.35. The first-order valence-corrected chi connectivity index (χ1v) is 6.77. The Labute approximate surface area is 99.4 Å². The first kappa shape index (κ1) is 12.3. The molecule has 2 rings (SSSR count). The van der Waals surface area contributed by atoms with Gasteiger partial charge in [-0.3, -0.25) is 9.80 Å². The predicted octanol–water partition coefficient (Wildman–Crippen LogP) is 1.31. The van der Waals surface area contributed by atoms with Gasteiger partial charge >= 0.3 is 0 Å². The van der Waals surface area contributed by atoms with Crippen LogP contribution >= 0.6 is 0 Å². The Kier molecular flexibility index (Phi) is 3.88. The van der Waals surface area contributed by atoms with E-state index in [2.05, 4.69) is 23.6 Å². The van der Waals surface area contributed by atoms with Crippen molar-refractivity contribution in [1.82, 2.24) is 9.80 Å². The first-order chi connectivity index (χ1) is 7.59. The van der Waals surface area contributed by atoms with E-state index >= 15 is 0 Å². The van der Waals surface area contributed by atoms with E-state index in [1.54, 1.807) is 0 Å². The molecule has 0 spiro atoms. The molecule has 0 amide bonds. The SMILES string of the molecule is CC(O)C(C)N1CC2CCCCN2CC1C. The third-order valence-corrected chi connectivity index (χ3v) is 4.46. The summed E-state index contributed by atoms with van der Waals surface area (Å²) >= 11 is 0. The number of aliphatic hydroxyl groups excluding tert-OH is 1. The molecule has 4 atom stereocenters. The zero-order valence-electron chi connectivity index (χ0n) is 10.9. The van der Waals surface area contributed by atoms with E-state index in [1.165, 1.54) is 32.4 Å². The molecule has 2 fully saturated rings. The van der Waals surface area contributed by atoms with Gasteiger partial charge in [0.15, 0.2) is 0 Å². The van der Waals surface area contributed by atoms with Crippen molar-refractivity contribution in [3.63, 3.8) is 0 Å². The molecule has 0 aromatic rings. The Balaban J connectivity index is 2.00. The minimum Gasteiger partial charge on any atom is -0.392 e. The van der Waals surface area contributed by atoms with Gasteiger partial charge in [0.1, 0.15) is 0 Å². The lowest BCUT2D eigenvalue weighted by Crippen LogP contribution is -2.62. The van der Waals surface area contributed by atoms with E-state index in [1.807, 2.05) is 6.92 Å². The van der Waals surface area contributed by atoms with Crippen LogP contribution in [0.25, 0.3) is 0 Å². The molecule has 16 heavy (non-hydrogen) atoms. The molecule has 0 bridgehead atoms. The van der Waals surface area contributed by atoms with Crippen LogP contribution in [-0.4, -0.2) is 58.8 Å². The van der Waals surface area contributed by atoms with Crippen molar-refractivity contribution in [3.05, 3.63) is 0 Å². The Hall–Kier alpha value is -0.120. The zero-order valence-corrected chi connectivity index (χ0v) is 10.9. The van der Waals surface area contributed by atoms with E-state index in [9.17, 15) is 5.11 Å². The predicted molar refractivity (Wildman–Crippen MR) is 66.5 cm³/mol. The van der Waals surface area contributed by atoms with Crippen molar-refractivity contribution in [1.29, 1.82) is 0 Å². The van der Waals surface area contributed by atoms with Gasteiger partial charge in [-0.1, -0.05) is 6.42 Å². The highest BCUT2D eigenvalue weighted by molar-refractivity contribution is 4.91. The maximum atomic E-state index is 9.73. The summed E-state index contributed by atoms with van der Waals surface area (Å²) in [5.41, 5.74) is 0. The standard InChI is InChI=1S/C13H26N2O/c1-10-8-14-7-5-4-6-13(14)9-15(10)11(2)12(3)16/h10-13,16H,4-9H2,1-3H3. The van der Waals surface area contributed by atoms with Crippen LogP contribution in [0.2, 0.25) is 0 Å². The van der Waals surface area contributed by atoms with Crippen LogP contribution in [0.1, 0.15) is 40.0 Å². The number of piperazine rings is 1. The van der Waals surface area contributed by atoms with Gasteiger partial charge in [0.05, 0.1) is 6.10 Å². The van der Waals surface area contributed by atoms with Crippen molar-refractivity contribution in [2.24, 2.45) is 0 Å². The quantitative estimate of drug-likeness (QED) is 0.769. The van der Waals surface area contributed by atoms with Gasteiger partial charge < -0.3 is 5.11 Å². The molecular weight excluding hydrogens is 200 g/mol. The Morgan fingerprint density at radius 1 is 1.19 bits per heavy atom. The highest BCUT2D eigenvalue weighted by atomic mass is 16.3. The number of rotatable bonds is 2. The number of fused-ring (bicyclic) bond motifs is 1. The molecular formula is C13H26N2O. The van der Waals surface area contributed by atoms with Crippen LogP contribution < -0.4 is 0 Å². The molecule has 2 heterocycles. The van der Waals surface area contributed by atoms with E-state index in [-0.39, 0.29) is 6.10 Å². The molecule has 2 saturated heterocycles. The van der Waals surface area contributed by atoms with Gasteiger partial charge in [-0.25, -0.2) is 0 Å². The van der Waals surface area contributed by atoms with Gasteiger partial charge in [-0.05, 0) is 40.2 Å². The lowest BCUT2D eigenvalue weighted by molar-refractivity contribution is -0.0336. The number of aliphatic hydroxyl groups is 1. The molecule has 2 aliphatic heterocycles. The summed E-state index contributed by atoms with van der Waals surface area (Å²) in [6.45, 7) is 9.97. The van der Waals surface area contributed by atoms with Crippen LogP contribution in [0, 0.1) is 0 Å². The van der Waals surface area contributed by atoms with Crippen LogP contribution in [0.5, 0.6) is 0 Å². The summed E-state index contributed by atoms with van der Waals surface area (Å²) in [5, 5.41) is 9.73. The smallest absolute Gasteiger partial charge is 0.0664 e. The second-order valence-electron chi connectivity index (χ2n) is 5.67. The first-order valence-electron chi connectivity index (χ1n) is 6.77. The molecule has 0 aromatic carbocycles. The molecule has 0 radical (unpaired) electrons. The fourth-order valence-corrected chi connectivity index (χ4v) is 3.22. The molecule has 94 valence electrons. The summed E-state index contributed by atoms with van der Waals surface area (Å²) in [5.74, 6) is 0. The van der Waals surface area contributed by atoms with Gasteiger partial charge in [-0.2, -0.15) is 0 Å². The molecule has 2 aliphatic rings. The minimum atomic E-state index is -0.224. The van der Waals surface area contributed by atoms with E-state index in [0.29, 0.717) is 12.1 Å². The fourth-order valence-electron chi connectivity index (χ4n) is 3.22. The van der Waals surface area contributed by atoms with E-state index in [4.69, 9.17) is 0 Å². The molecule has 3 nitrogen and oxygen atoms in total. The summed E-state index contributed by atoms with van der Waals surface area (Å²) < 4.78 is 0. The molecule has 0 aliphatic carbocycles. The second kappa shape index (κ2) is 5.03. The zero-order chi connectivity index (χ0) is 11.7. The second-order valence-corrected chi connectivity index (χ2v) is 5.67. The third-order valence-electron chi connectivity index (χ3n) is 4.46. The molecule has 0 saturated carbocycles. The Bertz CT molecular complexity index is 232. The van der Waals surface area contributed by atoms with Crippen molar-refractivity contribution >= 4 is 0 Å².